The molecule has 0 atom stereocenters. The van der Waals surface area contributed by atoms with Crippen LogP contribution in [-0.4, -0.2) is 5.97 Å². The maximum atomic E-state index is 11.9. The fraction of sp³-hybridized carbons (Fsp3) is 0.0714. The Bertz CT molecular complexity index is 577. The van der Waals surface area contributed by atoms with Gasteiger partial charge in [0.05, 0.1) is 5.56 Å². The monoisotopic (exact) mass is 368 g/mol. The quantitative estimate of drug-likeness (QED) is 0.496. The van der Waals surface area contributed by atoms with Crippen LogP contribution in [0.5, 0.6) is 0 Å². The largest absolute Gasteiger partial charge is 0.457 e. The normalized spacial score (nSPS) is 10.2. The third-order valence-electron chi connectivity index (χ3n) is 2.50. The molecule has 0 aromatic heterocycles. The van der Waals surface area contributed by atoms with Crippen LogP contribution < -0.4 is 11.5 Å². The number of anilines is 2. The van der Waals surface area contributed by atoms with Gasteiger partial charge in [-0.05, 0) is 58.5 Å². The third kappa shape index (κ3) is 3.85. The zero-order valence-corrected chi connectivity index (χ0v) is 12.3. The molecular formula is C14H13IN2O2. The lowest BCUT2D eigenvalue weighted by atomic mass is 10.2. The Morgan fingerprint density at radius 2 is 1.63 bits per heavy atom. The molecule has 4 N–H and O–H groups in total. The van der Waals surface area contributed by atoms with Gasteiger partial charge in [0.15, 0.2) is 0 Å². The number of hydrogen-bond donors (Lipinski definition) is 2. The molecule has 0 aliphatic heterocycles. The molecule has 0 aliphatic rings. The Morgan fingerprint density at radius 3 is 2.21 bits per heavy atom. The van der Waals surface area contributed by atoms with Crippen LogP contribution in [0.1, 0.15) is 15.9 Å². The van der Waals surface area contributed by atoms with Crippen LogP contribution in [0.15, 0.2) is 42.5 Å². The minimum Gasteiger partial charge on any atom is -0.457 e. The number of halogens is 1. The Balaban J connectivity index is 2.03. The number of rotatable bonds is 3. The minimum absolute atomic E-state index is 0.227. The summed E-state index contributed by atoms with van der Waals surface area (Å²) in [7, 11) is 0. The van der Waals surface area contributed by atoms with Gasteiger partial charge in [-0.3, -0.25) is 0 Å². The molecule has 0 unspecified atom stereocenters. The average Bonchev–Trinajstić information content (AvgIpc) is 2.36. The molecule has 5 heteroatoms. The molecule has 4 nitrogen and oxygen atoms in total. The maximum Gasteiger partial charge on any atom is 0.338 e. The van der Waals surface area contributed by atoms with Gasteiger partial charge < -0.3 is 16.2 Å². The van der Waals surface area contributed by atoms with Crippen LogP contribution in [-0.2, 0) is 11.3 Å². The SMILES string of the molecule is Nc1cc(N)cc(C(=O)OCc2ccc(I)cc2)c1. The standard InChI is InChI=1S/C14H13IN2O2/c15-11-3-1-9(2-4-11)8-19-14(18)10-5-12(16)7-13(17)6-10/h1-7H,8,16-17H2. The number of ether oxygens (including phenoxy) is 1. The van der Waals surface area contributed by atoms with E-state index >= 15 is 0 Å². The fourth-order valence-corrected chi connectivity index (χ4v) is 1.97. The molecule has 2 aromatic rings. The van der Waals surface area contributed by atoms with Crippen LogP contribution in [0.3, 0.4) is 0 Å². The number of benzene rings is 2. The summed E-state index contributed by atoms with van der Waals surface area (Å²) in [6.45, 7) is 0.227. The van der Waals surface area contributed by atoms with Gasteiger partial charge in [0.1, 0.15) is 6.61 Å². The van der Waals surface area contributed by atoms with E-state index in [-0.39, 0.29) is 6.61 Å². The highest BCUT2D eigenvalue weighted by Gasteiger charge is 2.09. The van der Waals surface area contributed by atoms with E-state index < -0.39 is 5.97 Å². The van der Waals surface area contributed by atoms with E-state index in [1.165, 1.54) is 0 Å². The Labute approximate surface area is 124 Å². The van der Waals surface area contributed by atoms with Crippen molar-refractivity contribution in [2.75, 3.05) is 11.5 Å². The first-order chi connectivity index (χ1) is 9.04. The Hall–Kier alpha value is -1.76. The highest BCUT2D eigenvalue weighted by atomic mass is 127. The van der Waals surface area contributed by atoms with E-state index in [1.54, 1.807) is 18.2 Å². The van der Waals surface area contributed by atoms with Gasteiger partial charge in [-0.2, -0.15) is 0 Å². The summed E-state index contributed by atoms with van der Waals surface area (Å²) in [5, 5.41) is 0. The summed E-state index contributed by atoms with van der Waals surface area (Å²) in [4.78, 5) is 11.9. The van der Waals surface area contributed by atoms with Crippen molar-refractivity contribution in [1.82, 2.24) is 0 Å². The lowest BCUT2D eigenvalue weighted by molar-refractivity contribution is 0.0473. The summed E-state index contributed by atoms with van der Waals surface area (Å²) in [6.07, 6.45) is 0. The number of nitrogens with two attached hydrogens (primary N) is 2. The van der Waals surface area contributed by atoms with E-state index in [0.717, 1.165) is 9.13 Å². The molecule has 0 amide bonds. The number of nitrogen functional groups attached to an aromatic ring is 2. The Kier molecular flexibility index (Phi) is 4.26. The van der Waals surface area contributed by atoms with Crippen molar-refractivity contribution in [2.45, 2.75) is 6.61 Å². The van der Waals surface area contributed by atoms with Crippen molar-refractivity contribution < 1.29 is 9.53 Å². The van der Waals surface area contributed by atoms with Gasteiger partial charge in [-0.25, -0.2) is 4.79 Å². The second-order valence-electron chi connectivity index (χ2n) is 4.09. The number of carbonyl (C=O) groups is 1. The molecule has 0 fully saturated rings. The van der Waals surface area contributed by atoms with Gasteiger partial charge >= 0.3 is 5.97 Å². The molecule has 2 rings (SSSR count). The van der Waals surface area contributed by atoms with Crippen molar-refractivity contribution >= 4 is 39.9 Å². The molecular weight excluding hydrogens is 355 g/mol. The molecule has 0 heterocycles. The van der Waals surface area contributed by atoms with Gasteiger partial charge in [-0.1, -0.05) is 12.1 Å². The molecule has 0 saturated carbocycles. The first-order valence-corrected chi connectivity index (χ1v) is 6.70. The summed E-state index contributed by atoms with van der Waals surface area (Å²) >= 11 is 2.22. The third-order valence-corrected chi connectivity index (χ3v) is 3.22. The van der Waals surface area contributed by atoms with E-state index in [9.17, 15) is 4.79 Å². The predicted octanol–water partition coefficient (Wildman–Crippen LogP) is 2.81. The van der Waals surface area contributed by atoms with E-state index in [4.69, 9.17) is 16.2 Å². The molecule has 0 spiro atoms. The fourth-order valence-electron chi connectivity index (χ4n) is 1.61. The second kappa shape index (κ2) is 5.92. The van der Waals surface area contributed by atoms with Crippen molar-refractivity contribution in [3.05, 3.63) is 57.2 Å². The zero-order chi connectivity index (χ0) is 13.8. The lowest BCUT2D eigenvalue weighted by Crippen LogP contribution is -2.06. The van der Waals surface area contributed by atoms with Gasteiger partial charge in [0, 0.05) is 14.9 Å². The topological polar surface area (TPSA) is 78.3 Å². The average molecular weight is 368 g/mol. The highest BCUT2D eigenvalue weighted by Crippen LogP contribution is 2.15. The predicted molar refractivity (Wildman–Crippen MR) is 83.5 cm³/mol. The highest BCUT2D eigenvalue weighted by molar-refractivity contribution is 14.1. The van der Waals surface area contributed by atoms with Crippen molar-refractivity contribution in [1.29, 1.82) is 0 Å². The molecule has 19 heavy (non-hydrogen) atoms. The molecule has 0 saturated heterocycles. The first-order valence-electron chi connectivity index (χ1n) is 5.62. The van der Waals surface area contributed by atoms with Crippen LogP contribution in [0.4, 0.5) is 11.4 Å². The molecule has 98 valence electrons. The van der Waals surface area contributed by atoms with E-state index in [1.807, 2.05) is 24.3 Å². The molecule has 0 radical (unpaired) electrons. The smallest absolute Gasteiger partial charge is 0.338 e. The summed E-state index contributed by atoms with van der Waals surface area (Å²) in [5.74, 6) is -0.433. The summed E-state index contributed by atoms with van der Waals surface area (Å²) in [5.41, 5.74) is 13.5. The van der Waals surface area contributed by atoms with Crippen molar-refractivity contribution in [2.24, 2.45) is 0 Å². The lowest BCUT2D eigenvalue weighted by Gasteiger charge is -2.06. The molecule has 0 bridgehead atoms. The second-order valence-corrected chi connectivity index (χ2v) is 5.34. The van der Waals surface area contributed by atoms with E-state index in [0.29, 0.717) is 16.9 Å². The van der Waals surface area contributed by atoms with E-state index in [2.05, 4.69) is 22.6 Å². The van der Waals surface area contributed by atoms with Crippen LogP contribution in [0.25, 0.3) is 0 Å². The minimum atomic E-state index is -0.433. The summed E-state index contributed by atoms with van der Waals surface area (Å²) in [6, 6.07) is 12.4. The van der Waals surface area contributed by atoms with Crippen LogP contribution in [0.2, 0.25) is 0 Å². The van der Waals surface area contributed by atoms with Gasteiger partial charge in [0.25, 0.3) is 0 Å². The van der Waals surface area contributed by atoms with Gasteiger partial charge in [-0.15, -0.1) is 0 Å². The first kappa shape index (κ1) is 13.7. The van der Waals surface area contributed by atoms with Crippen molar-refractivity contribution in [3.63, 3.8) is 0 Å². The number of hydrogen-bond acceptors (Lipinski definition) is 4. The van der Waals surface area contributed by atoms with Crippen LogP contribution in [0, 0.1) is 3.57 Å². The molecule has 0 aliphatic carbocycles. The maximum absolute atomic E-state index is 11.9. The van der Waals surface area contributed by atoms with Crippen molar-refractivity contribution in [3.8, 4) is 0 Å². The number of carbonyl (C=O) groups excluding carboxylic acids is 1. The van der Waals surface area contributed by atoms with Gasteiger partial charge in [0.2, 0.25) is 0 Å². The molecule has 2 aromatic carbocycles. The Morgan fingerprint density at radius 1 is 1.05 bits per heavy atom. The summed E-state index contributed by atoms with van der Waals surface area (Å²) < 4.78 is 6.35. The zero-order valence-electron chi connectivity index (χ0n) is 10.1. The van der Waals surface area contributed by atoms with Crippen LogP contribution >= 0.6 is 22.6 Å². The number of esters is 1.